The Bertz CT molecular complexity index is 375. The highest BCUT2D eigenvalue weighted by Crippen LogP contribution is 2.06. The molecule has 1 aromatic rings. The van der Waals surface area contributed by atoms with Gasteiger partial charge in [-0.1, -0.05) is 0 Å². The van der Waals surface area contributed by atoms with Crippen LogP contribution < -0.4 is 10.6 Å². The highest BCUT2D eigenvalue weighted by molar-refractivity contribution is 5.07. The molecule has 2 heterocycles. The Labute approximate surface area is 112 Å². The van der Waals surface area contributed by atoms with E-state index in [-0.39, 0.29) is 0 Å². The summed E-state index contributed by atoms with van der Waals surface area (Å²) in [5, 5.41) is 23.7. The fourth-order valence-electron chi connectivity index (χ4n) is 2.04. The topological polar surface area (TPSA) is 91.4 Å². The molecule has 1 aromatic heterocycles. The average Bonchev–Trinajstić information content (AvgIpc) is 2.71. The second-order valence-electron chi connectivity index (χ2n) is 4.87. The number of methoxy groups -OCH3 is 1. The van der Waals surface area contributed by atoms with Crippen molar-refractivity contribution in [3.8, 4) is 0 Å². The summed E-state index contributed by atoms with van der Waals surface area (Å²) in [6, 6.07) is 1.95. The molecule has 0 aromatic carbocycles. The van der Waals surface area contributed by atoms with Crippen LogP contribution in [0.1, 0.15) is 11.4 Å². The highest BCUT2D eigenvalue weighted by Gasteiger charge is 2.28. The number of aliphatic hydroxyl groups is 1. The van der Waals surface area contributed by atoms with E-state index < -0.39 is 5.60 Å². The van der Waals surface area contributed by atoms with Crippen LogP contribution in [0.3, 0.4) is 0 Å². The molecule has 0 aliphatic carbocycles. The van der Waals surface area contributed by atoms with E-state index in [0.29, 0.717) is 39.5 Å². The van der Waals surface area contributed by atoms with Crippen molar-refractivity contribution in [2.24, 2.45) is 0 Å². The molecule has 2 rings (SSSR count). The van der Waals surface area contributed by atoms with Crippen molar-refractivity contribution in [2.75, 3.05) is 40.0 Å². The van der Waals surface area contributed by atoms with Crippen LogP contribution in [0.25, 0.3) is 0 Å². The van der Waals surface area contributed by atoms with E-state index in [0.717, 1.165) is 17.9 Å². The minimum atomic E-state index is -0.859. The first-order valence-electron chi connectivity index (χ1n) is 6.45. The van der Waals surface area contributed by atoms with E-state index in [4.69, 9.17) is 9.47 Å². The summed E-state index contributed by atoms with van der Waals surface area (Å²) in [7, 11) is 1.65. The summed E-state index contributed by atoms with van der Waals surface area (Å²) in [6.45, 7) is 3.89. The normalized spacial score (nSPS) is 24.3. The van der Waals surface area contributed by atoms with Gasteiger partial charge in [0.15, 0.2) is 0 Å². The van der Waals surface area contributed by atoms with Gasteiger partial charge < -0.3 is 25.2 Å². The molecule has 0 radical (unpaired) electrons. The predicted molar refractivity (Wildman–Crippen MR) is 69.6 cm³/mol. The summed E-state index contributed by atoms with van der Waals surface area (Å²) in [5.41, 5.74) is 0.984. The fraction of sp³-hybridized carbons (Fsp3) is 0.750. The Morgan fingerprint density at radius 2 is 2.53 bits per heavy atom. The first-order chi connectivity index (χ1) is 9.22. The second kappa shape index (κ2) is 6.97. The molecule has 7 heteroatoms. The molecule has 1 atom stereocenters. The lowest BCUT2D eigenvalue weighted by Gasteiger charge is -2.25. The Hall–Kier alpha value is -0.990. The molecule has 0 bridgehead atoms. The van der Waals surface area contributed by atoms with Crippen molar-refractivity contribution >= 4 is 0 Å². The van der Waals surface area contributed by atoms with E-state index in [1.54, 1.807) is 7.11 Å². The lowest BCUT2D eigenvalue weighted by atomic mass is 10.1. The summed E-state index contributed by atoms with van der Waals surface area (Å²) < 4.78 is 10.4. The van der Waals surface area contributed by atoms with Crippen LogP contribution in [0.15, 0.2) is 6.07 Å². The van der Waals surface area contributed by atoms with Gasteiger partial charge in [-0.2, -0.15) is 5.10 Å². The number of hydrogen-bond donors (Lipinski definition) is 4. The van der Waals surface area contributed by atoms with Crippen LogP contribution >= 0.6 is 0 Å². The molecule has 0 spiro atoms. The van der Waals surface area contributed by atoms with Crippen molar-refractivity contribution < 1.29 is 14.6 Å². The average molecular weight is 270 g/mol. The summed E-state index contributed by atoms with van der Waals surface area (Å²) in [4.78, 5) is 0. The van der Waals surface area contributed by atoms with Crippen molar-refractivity contribution in [3.63, 3.8) is 0 Å². The Kier molecular flexibility index (Phi) is 5.29. The Balaban J connectivity index is 1.75. The third kappa shape index (κ3) is 4.55. The number of H-pyrrole nitrogens is 1. The van der Waals surface area contributed by atoms with Gasteiger partial charge in [-0.15, -0.1) is 0 Å². The molecule has 1 aliphatic heterocycles. The lowest BCUT2D eigenvalue weighted by Crippen LogP contribution is -2.50. The second-order valence-corrected chi connectivity index (χ2v) is 4.87. The van der Waals surface area contributed by atoms with E-state index in [1.165, 1.54) is 0 Å². The Morgan fingerprint density at radius 3 is 3.37 bits per heavy atom. The maximum Gasteiger partial charge on any atom is 0.113 e. The summed E-state index contributed by atoms with van der Waals surface area (Å²) >= 11 is 0. The quantitative estimate of drug-likeness (QED) is 0.530. The van der Waals surface area contributed by atoms with Gasteiger partial charge in [0, 0.05) is 33.3 Å². The number of rotatable bonds is 6. The first-order valence-corrected chi connectivity index (χ1v) is 6.45. The zero-order valence-corrected chi connectivity index (χ0v) is 11.2. The molecule has 1 aliphatic rings. The maximum atomic E-state index is 10.3. The monoisotopic (exact) mass is 270 g/mol. The summed E-state index contributed by atoms with van der Waals surface area (Å²) in [5.74, 6) is 0. The SMILES string of the molecule is COCc1cc(CNC[C@@]2(O)CNCCOC2)n[nH]1. The molecule has 0 unspecified atom stereocenters. The zero-order valence-electron chi connectivity index (χ0n) is 11.2. The van der Waals surface area contributed by atoms with Crippen LogP contribution in [0.2, 0.25) is 0 Å². The number of aromatic nitrogens is 2. The molecule has 4 N–H and O–H groups in total. The minimum absolute atomic E-state index is 0.350. The van der Waals surface area contributed by atoms with Gasteiger partial charge in [-0.3, -0.25) is 5.10 Å². The van der Waals surface area contributed by atoms with Crippen molar-refractivity contribution in [2.45, 2.75) is 18.8 Å². The fourth-order valence-corrected chi connectivity index (χ4v) is 2.04. The predicted octanol–water partition coefficient (Wildman–Crippen LogP) is -1.00. The third-order valence-electron chi connectivity index (χ3n) is 2.99. The molecule has 7 nitrogen and oxygen atoms in total. The molecule has 0 amide bonds. The van der Waals surface area contributed by atoms with Gasteiger partial charge in [0.05, 0.1) is 31.2 Å². The standard InChI is InChI=1S/C12H22N4O3/c1-18-6-11-4-10(15-16-11)5-14-8-12(17)7-13-2-3-19-9-12/h4,13-14,17H,2-3,5-9H2,1H3,(H,15,16)/t12-/m0/s1. The van der Waals surface area contributed by atoms with E-state index in [1.807, 2.05) is 6.07 Å². The molecule has 1 saturated heterocycles. The van der Waals surface area contributed by atoms with Crippen molar-refractivity contribution in [3.05, 3.63) is 17.5 Å². The van der Waals surface area contributed by atoms with Crippen LogP contribution in [0.5, 0.6) is 0 Å². The highest BCUT2D eigenvalue weighted by atomic mass is 16.5. The lowest BCUT2D eigenvalue weighted by molar-refractivity contribution is -0.0264. The first kappa shape index (κ1) is 14.4. The minimum Gasteiger partial charge on any atom is -0.385 e. The van der Waals surface area contributed by atoms with Gasteiger partial charge in [-0.25, -0.2) is 0 Å². The van der Waals surface area contributed by atoms with Gasteiger partial charge in [0.25, 0.3) is 0 Å². The third-order valence-corrected chi connectivity index (χ3v) is 2.99. The molecular weight excluding hydrogens is 248 g/mol. The summed E-state index contributed by atoms with van der Waals surface area (Å²) in [6.07, 6.45) is 0. The van der Waals surface area contributed by atoms with Crippen LogP contribution in [-0.2, 0) is 22.6 Å². The number of nitrogens with one attached hydrogen (secondary N) is 3. The van der Waals surface area contributed by atoms with E-state index >= 15 is 0 Å². The number of aromatic amines is 1. The van der Waals surface area contributed by atoms with E-state index in [9.17, 15) is 5.11 Å². The van der Waals surface area contributed by atoms with Gasteiger partial charge in [0.1, 0.15) is 5.60 Å². The van der Waals surface area contributed by atoms with Gasteiger partial charge in [-0.05, 0) is 6.07 Å². The largest absolute Gasteiger partial charge is 0.385 e. The number of hydrogen-bond acceptors (Lipinski definition) is 6. The maximum absolute atomic E-state index is 10.3. The molecule has 19 heavy (non-hydrogen) atoms. The number of β-amino-alcohol motifs (C(OH)–C–C–N with tert-alkyl or cyclic N) is 1. The van der Waals surface area contributed by atoms with Crippen LogP contribution in [0, 0.1) is 0 Å². The van der Waals surface area contributed by atoms with Crippen molar-refractivity contribution in [1.82, 2.24) is 20.8 Å². The molecular formula is C12H22N4O3. The smallest absolute Gasteiger partial charge is 0.113 e. The number of nitrogens with zero attached hydrogens (tertiary/aromatic N) is 1. The van der Waals surface area contributed by atoms with E-state index in [2.05, 4.69) is 20.8 Å². The van der Waals surface area contributed by atoms with Gasteiger partial charge in [0.2, 0.25) is 0 Å². The number of ether oxygens (including phenoxy) is 2. The molecule has 1 fully saturated rings. The van der Waals surface area contributed by atoms with Gasteiger partial charge >= 0.3 is 0 Å². The van der Waals surface area contributed by atoms with Crippen LogP contribution in [-0.4, -0.2) is 60.9 Å². The Morgan fingerprint density at radius 1 is 1.63 bits per heavy atom. The molecule has 108 valence electrons. The van der Waals surface area contributed by atoms with Crippen molar-refractivity contribution in [1.29, 1.82) is 0 Å². The zero-order chi connectivity index (χ0) is 13.6. The molecule has 0 saturated carbocycles. The van der Waals surface area contributed by atoms with Crippen LogP contribution in [0.4, 0.5) is 0 Å².